The van der Waals surface area contributed by atoms with Gasteiger partial charge in [-0.1, -0.05) is 24.3 Å². The Balaban J connectivity index is 2.39. The fourth-order valence-electron chi connectivity index (χ4n) is 2.06. The van der Waals surface area contributed by atoms with E-state index in [1.165, 1.54) is 55.6 Å². The Kier molecular flexibility index (Phi) is 5.38. The minimum Gasteiger partial charge on any atom is -0.358 e. The van der Waals surface area contributed by atoms with Crippen molar-refractivity contribution in [3.05, 3.63) is 71.3 Å². The summed E-state index contributed by atoms with van der Waals surface area (Å²) in [6.07, 6.45) is 0. The number of benzene rings is 2. The molecule has 1 N–H and O–H groups in total. The molecular formula is C16H15F2NO2S. The molecule has 22 heavy (non-hydrogen) atoms. The number of nitrogens with one attached hydrogen (secondary N) is 1. The molecule has 2 rings (SSSR count). The zero-order chi connectivity index (χ0) is 16.1. The van der Waals surface area contributed by atoms with Gasteiger partial charge in [0.2, 0.25) is 5.91 Å². The largest absolute Gasteiger partial charge is 0.358 e. The van der Waals surface area contributed by atoms with Crippen LogP contribution in [0.15, 0.2) is 48.5 Å². The first kappa shape index (κ1) is 16.3. The van der Waals surface area contributed by atoms with Crippen LogP contribution in [-0.2, 0) is 15.6 Å². The van der Waals surface area contributed by atoms with Crippen molar-refractivity contribution in [1.29, 1.82) is 0 Å². The summed E-state index contributed by atoms with van der Waals surface area (Å²) in [5.41, 5.74) is 1.21. The Morgan fingerprint density at radius 3 is 1.77 bits per heavy atom. The van der Waals surface area contributed by atoms with Crippen LogP contribution in [0.4, 0.5) is 8.78 Å². The molecule has 0 bridgehead atoms. The molecule has 0 saturated heterocycles. The van der Waals surface area contributed by atoms with Gasteiger partial charge in [-0.2, -0.15) is 0 Å². The molecule has 0 radical (unpaired) electrons. The van der Waals surface area contributed by atoms with Gasteiger partial charge in [0.25, 0.3) is 0 Å². The van der Waals surface area contributed by atoms with Crippen LogP contribution in [0.1, 0.15) is 16.4 Å². The Morgan fingerprint density at radius 1 is 1.00 bits per heavy atom. The summed E-state index contributed by atoms with van der Waals surface area (Å²) in [6.45, 7) is 0. The molecule has 0 spiro atoms. The molecule has 0 unspecified atom stereocenters. The summed E-state index contributed by atoms with van der Waals surface area (Å²) in [6, 6.07) is 11.1. The van der Waals surface area contributed by atoms with Crippen LogP contribution < -0.4 is 5.32 Å². The number of amides is 1. The Labute approximate surface area is 129 Å². The van der Waals surface area contributed by atoms with Crippen molar-refractivity contribution >= 4 is 16.7 Å². The van der Waals surface area contributed by atoms with Gasteiger partial charge in [0.05, 0.1) is 5.25 Å². The molecule has 3 nitrogen and oxygen atoms in total. The van der Waals surface area contributed by atoms with Crippen LogP contribution in [0.25, 0.3) is 0 Å². The third-order valence-corrected chi connectivity index (χ3v) is 4.78. The van der Waals surface area contributed by atoms with Crippen molar-refractivity contribution in [1.82, 2.24) is 5.32 Å². The van der Waals surface area contributed by atoms with Gasteiger partial charge < -0.3 is 5.32 Å². The first-order chi connectivity index (χ1) is 10.5. The van der Waals surface area contributed by atoms with E-state index in [0.29, 0.717) is 11.1 Å². The van der Waals surface area contributed by atoms with Gasteiger partial charge in [0.1, 0.15) is 17.4 Å². The molecule has 0 fully saturated rings. The lowest BCUT2D eigenvalue weighted by Crippen LogP contribution is -2.26. The van der Waals surface area contributed by atoms with E-state index < -0.39 is 27.7 Å². The third-order valence-electron chi connectivity index (χ3n) is 3.16. The maximum atomic E-state index is 13.1. The molecule has 0 saturated carbocycles. The normalized spacial score (nSPS) is 12.2. The van der Waals surface area contributed by atoms with Crippen molar-refractivity contribution in [2.45, 2.75) is 5.25 Å². The van der Waals surface area contributed by atoms with Crippen molar-refractivity contribution < 1.29 is 17.8 Å². The van der Waals surface area contributed by atoms with Crippen molar-refractivity contribution in [2.75, 3.05) is 12.8 Å². The lowest BCUT2D eigenvalue weighted by molar-refractivity contribution is -0.118. The fourth-order valence-corrected chi connectivity index (χ4v) is 3.55. The van der Waals surface area contributed by atoms with Crippen molar-refractivity contribution in [2.24, 2.45) is 0 Å². The first-order valence-electron chi connectivity index (χ1n) is 6.60. The number of rotatable bonds is 5. The summed E-state index contributed by atoms with van der Waals surface area (Å²) >= 11 is 0. The van der Waals surface area contributed by atoms with E-state index in [2.05, 4.69) is 5.32 Å². The minimum absolute atomic E-state index is 0.185. The predicted octanol–water partition coefficient (Wildman–Crippen LogP) is 2.55. The van der Waals surface area contributed by atoms with Gasteiger partial charge >= 0.3 is 0 Å². The first-order valence-corrected chi connectivity index (χ1v) is 7.98. The molecule has 0 heterocycles. The fraction of sp³-hybridized carbons (Fsp3) is 0.188. The highest BCUT2D eigenvalue weighted by Gasteiger charge is 2.23. The highest BCUT2D eigenvalue weighted by Crippen LogP contribution is 2.28. The Hall–Kier alpha value is -2.08. The average Bonchev–Trinajstić information content (AvgIpc) is 2.51. The summed E-state index contributed by atoms with van der Waals surface area (Å²) < 4.78 is 38.7. The third kappa shape index (κ3) is 3.98. The van der Waals surface area contributed by atoms with Crippen LogP contribution in [0.3, 0.4) is 0 Å². The quantitative estimate of drug-likeness (QED) is 0.919. The van der Waals surface area contributed by atoms with E-state index in [4.69, 9.17) is 0 Å². The minimum atomic E-state index is -1.56. The molecule has 2 aromatic carbocycles. The van der Waals surface area contributed by atoms with Crippen LogP contribution in [0.2, 0.25) is 0 Å². The van der Waals surface area contributed by atoms with Crippen LogP contribution >= 0.6 is 0 Å². The van der Waals surface area contributed by atoms with Gasteiger partial charge in [-0.15, -0.1) is 0 Å². The summed E-state index contributed by atoms with van der Waals surface area (Å²) in [4.78, 5) is 11.5. The summed E-state index contributed by atoms with van der Waals surface area (Å²) in [5.74, 6) is -1.35. The average molecular weight is 323 g/mol. The number of carbonyl (C=O) groups is 1. The lowest BCUT2D eigenvalue weighted by Gasteiger charge is -2.17. The molecule has 1 amide bonds. The molecule has 0 aromatic heterocycles. The molecule has 2 aromatic rings. The van der Waals surface area contributed by atoms with E-state index in [0.717, 1.165) is 0 Å². The summed E-state index contributed by atoms with van der Waals surface area (Å²) in [5, 5.41) is 1.79. The number of hydrogen-bond acceptors (Lipinski definition) is 2. The zero-order valence-electron chi connectivity index (χ0n) is 11.9. The maximum Gasteiger partial charge on any atom is 0.232 e. The second-order valence-electron chi connectivity index (χ2n) is 4.68. The molecular weight excluding hydrogens is 308 g/mol. The van der Waals surface area contributed by atoms with E-state index in [1.54, 1.807) is 0 Å². The second-order valence-corrected chi connectivity index (χ2v) is 6.20. The Morgan fingerprint density at radius 2 is 1.41 bits per heavy atom. The van der Waals surface area contributed by atoms with Crippen LogP contribution in [0, 0.1) is 11.6 Å². The predicted molar refractivity (Wildman–Crippen MR) is 81.7 cm³/mol. The van der Waals surface area contributed by atoms with Gasteiger partial charge in [0.15, 0.2) is 0 Å². The SMILES string of the molecule is CNC(=O)C[S@](=O)C(c1ccc(F)cc1)c1ccc(F)cc1. The topological polar surface area (TPSA) is 46.2 Å². The molecule has 0 aliphatic rings. The van der Waals surface area contributed by atoms with Crippen molar-refractivity contribution in [3.63, 3.8) is 0 Å². The van der Waals surface area contributed by atoms with Gasteiger partial charge in [-0.05, 0) is 35.4 Å². The van der Waals surface area contributed by atoms with Gasteiger partial charge in [-0.3, -0.25) is 9.00 Å². The van der Waals surface area contributed by atoms with Gasteiger partial charge in [-0.25, -0.2) is 8.78 Å². The van der Waals surface area contributed by atoms with Crippen molar-refractivity contribution in [3.8, 4) is 0 Å². The lowest BCUT2D eigenvalue weighted by atomic mass is 10.0. The van der Waals surface area contributed by atoms with E-state index in [-0.39, 0.29) is 11.7 Å². The maximum absolute atomic E-state index is 13.1. The highest BCUT2D eigenvalue weighted by molar-refractivity contribution is 7.86. The molecule has 1 atom stereocenters. The molecule has 0 aliphatic heterocycles. The second kappa shape index (κ2) is 7.26. The highest BCUT2D eigenvalue weighted by atomic mass is 32.2. The number of carbonyl (C=O) groups excluding carboxylic acids is 1. The van der Waals surface area contributed by atoms with Gasteiger partial charge in [0, 0.05) is 17.8 Å². The zero-order valence-corrected chi connectivity index (χ0v) is 12.7. The molecule has 0 aliphatic carbocycles. The molecule has 6 heteroatoms. The van der Waals surface area contributed by atoms with E-state index >= 15 is 0 Å². The monoisotopic (exact) mass is 323 g/mol. The number of halogens is 2. The number of hydrogen-bond donors (Lipinski definition) is 1. The van der Waals surface area contributed by atoms with E-state index in [1.807, 2.05) is 0 Å². The summed E-state index contributed by atoms with van der Waals surface area (Å²) in [7, 11) is -0.0973. The van der Waals surface area contributed by atoms with Crippen LogP contribution in [0.5, 0.6) is 0 Å². The standard InChI is InChI=1S/C16H15F2NO2S/c1-19-15(20)10-22(21)16(11-2-6-13(17)7-3-11)12-4-8-14(18)9-5-12/h2-9,16H,10H2,1H3,(H,19,20)/t22-/m0/s1. The van der Waals surface area contributed by atoms with E-state index in [9.17, 15) is 17.8 Å². The van der Waals surface area contributed by atoms with Crippen LogP contribution in [-0.4, -0.2) is 22.9 Å². The Bertz CT molecular complexity index is 626. The molecule has 116 valence electrons. The smallest absolute Gasteiger partial charge is 0.232 e.